The number of methoxy groups -OCH3 is 1. The zero-order chi connectivity index (χ0) is 13.8. The fraction of sp³-hybridized carbons (Fsp3) is 0.167. The topological polar surface area (TPSA) is 56.8 Å². The summed E-state index contributed by atoms with van der Waals surface area (Å²) < 4.78 is 42.5. The molecule has 0 aliphatic rings. The van der Waals surface area contributed by atoms with E-state index in [0.29, 0.717) is 0 Å². The van der Waals surface area contributed by atoms with Gasteiger partial charge in [0.15, 0.2) is 0 Å². The number of nitriles is 2. The van der Waals surface area contributed by atoms with Crippen LogP contribution in [0, 0.1) is 22.7 Å². The van der Waals surface area contributed by atoms with Crippen LogP contribution in [0.3, 0.4) is 0 Å². The molecule has 0 saturated heterocycles. The van der Waals surface area contributed by atoms with E-state index < -0.39 is 11.7 Å². The van der Waals surface area contributed by atoms with E-state index in [1.165, 1.54) is 13.2 Å². The number of nitrogens with zero attached hydrogens (tertiary/aromatic N) is 2. The average molecular weight is 252 g/mol. The summed E-state index contributed by atoms with van der Waals surface area (Å²) in [4.78, 5) is 0. The summed E-state index contributed by atoms with van der Waals surface area (Å²) in [6.45, 7) is 0. The van der Waals surface area contributed by atoms with Crippen molar-refractivity contribution in [2.45, 2.75) is 6.18 Å². The molecule has 1 aromatic carbocycles. The predicted octanol–water partition coefficient (Wildman–Crippen LogP) is 3.14. The standard InChI is InChI=1S/C12H7F3N2O/c1-18-11-4-8(2-9(6-16)7-17)3-10(5-11)12(13,14)15/h2-5H,1H3. The molecule has 0 amide bonds. The van der Waals surface area contributed by atoms with E-state index in [1.807, 2.05) is 0 Å². The van der Waals surface area contributed by atoms with Gasteiger partial charge in [-0.3, -0.25) is 0 Å². The first kappa shape index (κ1) is 13.6. The van der Waals surface area contributed by atoms with Crippen molar-refractivity contribution in [3.05, 3.63) is 34.9 Å². The molecule has 0 saturated carbocycles. The van der Waals surface area contributed by atoms with Gasteiger partial charge < -0.3 is 4.74 Å². The van der Waals surface area contributed by atoms with Crippen LogP contribution in [0.25, 0.3) is 6.08 Å². The molecule has 0 fully saturated rings. The molecule has 3 nitrogen and oxygen atoms in total. The van der Waals surface area contributed by atoms with Crippen molar-refractivity contribution in [1.29, 1.82) is 10.5 Å². The lowest BCUT2D eigenvalue weighted by molar-refractivity contribution is -0.137. The van der Waals surface area contributed by atoms with Crippen LogP contribution in [0.4, 0.5) is 13.2 Å². The molecule has 0 N–H and O–H groups in total. The van der Waals surface area contributed by atoms with Crippen molar-refractivity contribution in [1.82, 2.24) is 0 Å². The van der Waals surface area contributed by atoms with Gasteiger partial charge in [-0.2, -0.15) is 23.7 Å². The van der Waals surface area contributed by atoms with Crippen LogP contribution in [-0.2, 0) is 6.18 Å². The molecule has 0 bridgehead atoms. The summed E-state index contributed by atoms with van der Waals surface area (Å²) in [6, 6.07) is 6.14. The van der Waals surface area contributed by atoms with Crippen molar-refractivity contribution in [2.75, 3.05) is 7.11 Å². The molecular formula is C12H7F3N2O. The van der Waals surface area contributed by atoms with Crippen LogP contribution >= 0.6 is 0 Å². The zero-order valence-corrected chi connectivity index (χ0v) is 9.25. The van der Waals surface area contributed by atoms with Crippen LogP contribution in [0.5, 0.6) is 5.75 Å². The first-order valence-corrected chi connectivity index (χ1v) is 4.69. The average Bonchev–Trinajstić information content (AvgIpc) is 2.34. The van der Waals surface area contributed by atoms with Crippen molar-refractivity contribution in [3.8, 4) is 17.9 Å². The second kappa shape index (κ2) is 5.24. The molecule has 1 rings (SSSR count). The highest BCUT2D eigenvalue weighted by molar-refractivity contribution is 5.63. The Morgan fingerprint density at radius 3 is 2.28 bits per heavy atom. The van der Waals surface area contributed by atoms with Gasteiger partial charge >= 0.3 is 6.18 Å². The zero-order valence-electron chi connectivity index (χ0n) is 9.25. The van der Waals surface area contributed by atoms with Crippen LogP contribution < -0.4 is 4.74 Å². The molecule has 0 aliphatic carbocycles. The Kier molecular flexibility index (Phi) is 3.96. The van der Waals surface area contributed by atoms with Crippen molar-refractivity contribution >= 4 is 6.08 Å². The Bertz CT molecular complexity index is 546. The second-order valence-electron chi connectivity index (χ2n) is 3.27. The van der Waals surface area contributed by atoms with E-state index in [9.17, 15) is 13.2 Å². The maximum atomic E-state index is 12.6. The van der Waals surface area contributed by atoms with Gasteiger partial charge in [-0.1, -0.05) is 0 Å². The molecule has 92 valence electrons. The largest absolute Gasteiger partial charge is 0.497 e. The SMILES string of the molecule is COc1cc(C=C(C#N)C#N)cc(C(F)(F)F)c1. The molecule has 0 atom stereocenters. The van der Waals surface area contributed by atoms with E-state index in [2.05, 4.69) is 0 Å². The van der Waals surface area contributed by atoms with Crippen molar-refractivity contribution < 1.29 is 17.9 Å². The van der Waals surface area contributed by atoms with E-state index >= 15 is 0 Å². The smallest absolute Gasteiger partial charge is 0.416 e. The molecule has 0 radical (unpaired) electrons. The van der Waals surface area contributed by atoms with Gasteiger partial charge in [0.2, 0.25) is 0 Å². The van der Waals surface area contributed by atoms with Crippen LogP contribution in [0.2, 0.25) is 0 Å². The van der Waals surface area contributed by atoms with E-state index in [1.54, 1.807) is 12.1 Å². The first-order valence-electron chi connectivity index (χ1n) is 4.69. The highest BCUT2D eigenvalue weighted by Gasteiger charge is 2.31. The van der Waals surface area contributed by atoms with E-state index in [4.69, 9.17) is 15.3 Å². The summed E-state index contributed by atoms with van der Waals surface area (Å²) >= 11 is 0. The minimum atomic E-state index is -4.52. The Hall–Kier alpha value is -2.47. The number of hydrogen-bond donors (Lipinski definition) is 0. The van der Waals surface area contributed by atoms with Crippen molar-refractivity contribution in [3.63, 3.8) is 0 Å². The lowest BCUT2D eigenvalue weighted by Crippen LogP contribution is -2.05. The number of rotatable bonds is 2. The highest BCUT2D eigenvalue weighted by atomic mass is 19.4. The van der Waals surface area contributed by atoms with Crippen LogP contribution in [-0.4, -0.2) is 7.11 Å². The monoisotopic (exact) mass is 252 g/mol. The molecule has 0 aromatic heterocycles. The molecule has 0 spiro atoms. The molecule has 0 heterocycles. The Labute approximate surface area is 101 Å². The van der Waals surface area contributed by atoms with E-state index in [0.717, 1.165) is 18.2 Å². The maximum Gasteiger partial charge on any atom is 0.416 e. The van der Waals surface area contributed by atoms with Crippen molar-refractivity contribution in [2.24, 2.45) is 0 Å². The molecule has 1 aromatic rings. The number of ether oxygens (including phenoxy) is 1. The third-order valence-electron chi connectivity index (χ3n) is 2.04. The number of hydrogen-bond acceptors (Lipinski definition) is 3. The first-order chi connectivity index (χ1) is 8.40. The lowest BCUT2D eigenvalue weighted by atomic mass is 10.1. The summed E-state index contributed by atoms with van der Waals surface area (Å²) in [6.07, 6.45) is -3.45. The quantitative estimate of drug-likeness (QED) is 0.759. The second-order valence-corrected chi connectivity index (χ2v) is 3.27. The minimum absolute atomic E-state index is 0.00584. The van der Waals surface area contributed by atoms with Gasteiger partial charge in [-0.15, -0.1) is 0 Å². The van der Waals surface area contributed by atoms with Gasteiger partial charge in [0.1, 0.15) is 23.5 Å². The molecule has 0 unspecified atom stereocenters. The molecule has 6 heteroatoms. The fourth-order valence-corrected chi connectivity index (χ4v) is 1.24. The molecular weight excluding hydrogens is 245 g/mol. The fourth-order valence-electron chi connectivity index (χ4n) is 1.24. The number of allylic oxidation sites excluding steroid dienone is 1. The normalized spacial score (nSPS) is 10.1. The van der Waals surface area contributed by atoms with Gasteiger partial charge in [-0.05, 0) is 29.8 Å². The number of alkyl halides is 3. The summed E-state index contributed by atoms with van der Waals surface area (Å²) in [5.74, 6) is 0.00584. The Balaban J connectivity index is 3.35. The Morgan fingerprint density at radius 2 is 1.83 bits per heavy atom. The number of benzene rings is 1. The molecule has 0 aliphatic heterocycles. The molecule has 18 heavy (non-hydrogen) atoms. The van der Waals surface area contributed by atoms with Crippen LogP contribution in [0.15, 0.2) is 23.8 Å². The summed E-state index contributed by atoms with van der Waals surface area (Å²) in [5.41, 5.74) is -1.10. The Morgan fingerprint density at radius 1 is 1.22 bits per heavy atom. The lowest BCUT2D eigenvalue weighted by Gasteiger charge is -2.09. The van der Waals surface area contributed by atoms with Crippen LogP contribution in [0.1, 0.15) is 11.1 Å². The third-order valence-corrected chi connectivity index (χ3v) is 2.04. The summed E-state index contributed by atoms with van der Waals surface area (Å²) in [7, 11) is 1.23. The van der Waals surface area contributed by atoms with Gasteiger partial charge in [-0.25, -0.2) is 0 Å². The highest BCUT2D eigenvalue weighted by Crippen LogP contribution is 2.33. The minimum Gasteiger partial charge on any atom is -0.497 e. The maximum absolute atomic E-state index is 12.6. The van der Waals surface area contributed by atoms with E-state index in [-0.39, 0.29) is 16.9 Å². The third kappa shape index (κ3) is 3.26. The predicted molar refractivity (Wildman–Crippen MR) is 57.2 cm³/mol. The number of halogens is 3. The van der Waals surface area contributed by atoms with Gasteiger partial charge in [0.25, 0.3) is 0 Å². The van der Waals surface area contributed by atoms with Gasteiger partial charge in [0.05, 0.1) is 12.7 Å². The summed E-state index contributed by atoms with van der Waals surface area (Å²) in [5, 5.41) is 17.1. The van der Waals surface area contributed by atoms with Gasteiger partial charge in [0, 0.05) is 0 Å².